The Bertz CT molecular complexity index is 536. The molecule has 0 fully saturated rings. The molecule has 15 heavy (non-hydrogen) atoms. The molecule has 1 N–H and O–H groups in total. The molecule has 0 spiro atoms. The maximum Gasteiger partial charge on any atom is 0.265 e. The van der Waals surface area contributed by atoms with Crippen LogP contribution < -0.4 is 5.56 Å². The molecule has 0 aliphatic heterocycles. The molecule has 0 aromatic carbocycles. The molecule has 2 aromatic rings. The third-order valence-corrected chi connectivity index (χ3v) is 2.92. The van der Waals surface area contributed by atoms with Crippen LogP contribution in [0.4, 0.5) is 0 Å². The lowest BCUT2D eigenvalue weighted by atomic mass is 10.2. The Hall–Kier alpha value is -1.49. The van der Waals surface area contributed by atoms with Gasteiger partial charge < -0.3 is 4.98 Å². The van der Waals surface area contributed by atoms with E-state index >= 15 is 0 Å². The van der Waals surface area contributed by atoms with E-state index in [-0.39, 0.29) is 5.56 Å². The van der Waals surface area contributed by atoms with Crippen LogP contribution in [0.5, 0.6) is 0 Å². The number of aromatic nitrogens is 3. The molecule has 0 amide bonds. The highest BCUT2D eigenvalue weighted by Gasteiger charge is 2.05. The van der Waals surface area contributed by atoms with E-state index in [0.717, 1.165) is 5.56 Å². The molecule has 0 saturated heterocycles. The first kappa shape index (κ1) is 10.0. The van der Waals surface area contributed by atoms with Crippen molar-refractivity contribution in [2.45, 2.75) is 6.92 Å². The fraction of sp³-hybridized carbons (Fsp3) is 0.100. The summed E-state index contributed by atoms with van der Waals surface area (Å²) >= 11 is 3.17. The SMILES string of the molecule is Cc1nc(-c2ccncc2)[nH]c(=O)c1Br. The van der Waals surface area contributed by atoms with Crippen LogP contribution in [-0.2, 0) is 0 Å². The largest absolute Gasteiger partial charge is 0.306 e. The number of nitrogens with one attached hydrogen (secondary N) is 1. The van der Waals surface area contributed by atoms with Gasteiger partial charge in [0.15, 0.2) is 0 Å². The predicted octanol–water partition coefficient (Wildman–Crippen LogP) is 1.90. The minimum absolute atomic E-state index is 0.172. The van der Waals surface area contributed by atoms with Crippen LogP contribution >= 0.6 is 15.9 Å². The van der Waals surface area contributed by atoms with Crippen molar-refractivity contribution in [3.05, 3.63) is 45.0 Å². The van der Waals surface area contributed by atoms with Gasteiger partial charge in [0.25, 0.3) is 5.56 Å². The maximum absolute atomic E-state index is 11.5. The van der Waals surface area contributed by atoms with E-state index in [0.29, 0.717) is 16.0 Å². The second-order valence-electron chi connectivity index (χ2n) is 3.05. The zero-order valence-electron chi connectivity index (χ0n) is 7.99. The second kappa shape index (κ2) is 3.94. The molecule has 2 heterocycles. The van der Waals surface area contributed by atoms with Crippen molar-refractivity contribution in [1.29, 1.82) is 0 Å². The molecule has 0 radical (unpaired) electrons. The molecule has 0 aliphatic rings. The van der Waals surface area contributed by atoms with Crippen molar-refractivity contribution in [1.82, 2.24) is 15.0 Å². The highest BCUT2D eigenvalue weighted by atomic mass is 79.9. The molecule has 0 unspecified atom stereocenters. The minimum atomic E-state index is -0.172. The minimum Gasteiger partial charge on any atom is -0.306 e. The second-order valence-corrected chi connectivity index (χ2v) is 3.84. The number of hydrogen-bond acceptors (Lipinski definition) is 3. The van der Waals surface area contributed by atoms with Crippen molar-refractivity contribution >= 4 is 15.9 Å². The van der Waals surface area contributed by atoms with Crippen molar-refractivity contribution in [3.8, 4) is 11.4 Å². The smallest absolute Gasteiger partial charge is 0.265 e. The van der Waals surface area contributed by atoms with Crippen LogP contribution in [0.3, 0.4) is 0 Å². The highest BCUT2D eigenvalue weighted by molar-refractivity contribution is 9.10. The molecule has 0 aliphatic carbocycles. The Morgan fingerprint density at radius 3 is 2.60 bits per heavy atom. The number of rotatable bonds is 1. The van der Waals surface area contributed by atoms with Crippen molar-refractivity contribution in [3.63, 3.8) is 0 Å². The zero-order chi connectivity index (χ0) is 10.8. The van der Waals surface area contributed by atoms with Crippen molar-refractivity contribution in [2.24, 2.45) is 0 Å². The molecule has 0 saturated carbocycles. The first-order valence-electron chi connectivity index (χ1n) is 4.35. The van der Waals surface area contributed by atoms with Gasteiger partial charge in [0.05, 0.1) is 5.69 Å². The van der Waals surface area contributed by atoms with Gasteiger partial charge in [0.2, 0.25) is 0 Å². The predicted molar refractivity (Wildman–Crippen MR) is 60.5 cm³/mol. The van der Waals surface area contributed by atoms with E-state index in [4.69, 9.17) is 0 Å². The molecule has 0 bridgehead atoms. The van der Waals surface area contributed by atoms with Crippen LogP contribution in [0.1, 0.15) is 5.69 Å². The molecular weight excluding hydrogens is 258 g/mol. The lowest BCUT2D eigenvalue weighted by Gasteiger charge is -2.02. The number of H-pyrrole nitrogens is 1. The van der Waals surface area contributed by atoms with Gasteiger partial charge in [0.1, 0.15) is 10.3 Å². The third kappa shape index (κ3) is 1.97. The molecule has 0 atom stereocenters. The zero-order valence-corrected chi connectivity index (χ0v) is 9.58. The van der Waals surface area contributed by atoms with E-state index in [1.807, 2.05) is 0 Å². The van der Waals surface area contributed by atoms with E-state index in [1.54, 1.807) is 31.5 Å². The summed E-state index contributed by atoms with van der Waals surface area (Å²) < 4.78 is 0.473. The normalized spacial score (nSPS) is 10.3. The summed E-state index contributed by atoms with van der Waals surface area (Å²) in [7, 11) is 0. The first-order chi connectivity index (χ1) is 7.18. The number of hydrogen-bond donors (Lipinski definition) is 1. The van der Waals surface area contributed by atoms with Crippen molar-refractivity contribution in [2.75, 3.05) is 0 Å². The Balaban J connectivity index is 2.61. The van der Waals surface area contributed by atoms with Crippen LogP contribution in [0.25, 0.3) is 11.4 Å². The lowest BCUT2D eigenvalue weighted by Crippen LogP contribution is -2.11. The highest BCUT2D eigenvalue weighted by Crippen LogP contribution is 2.14. The van der Waals surface area contributed by atoms with E-state index in [9.17, 15) is 4.79 Å². The molecule has 2 aromatic heterocycles. The van der Waals surface area contributed by atoms with Gasteiger partial charge >= 0.3 is 0 Å². The van der Waals surface area contributed by atoms with Crippen LogP contribution in [0.15, 0.2) is 33.8 Å². The Labute approximate surface area is 94.5 Å². The summed E-state index contributed by atoms with van der Waals surface area (Å²) in [4.78, 5) is 22.3. The number of aromatic amines is 1. The Morgan fingerprint density at radius 1 is 1.33 bits per heavy atom. The van der Waals surface area contributed by atoms with Gasteiger partial charge in [0, 0.05) is 18.0 Å². The summed E-state index contributed by atoms with van der Waals surface area (Å²) in [5, 5.41) is 0. The van der Waals surface area contributed by atoms with Crippen LogP contribution in [0, 0.1) is 6.92 Å². The Kier molecular flexibility index (Phi) is 2.64. The van der Waals surface area contributed by atoms with Gasteiger partial charge in [-0.05, 0) is 35.0 Å². The van der Waals surface area contributed by atoms with E-state index in [1.165, 1.54) is 0 Å². The van der Waals surface area contributed by atoms with Crippen molar-refractivity contribution < 1.29 is 0 Å². The molecule has 5 heteroatoms. The van der Waals surface area contributed by atoms with E-state index in [2.05, 4.69) is 30.9 Å². The molecular formula is C10H8BrN3O. The van der Waals surface area contributed by atoms with Gasteiger partial charge in [-0.3, -0.25) is 9.78 Å². The number of aryl methyl sites for hydroxylation is 1. The standard InChI is InChI=1S/C10H8BrN3O/c1-6-8(11)10(15)14-9(13-6)7-2-4-12-5-3-7/h2-5H,1H3,(H,13,14,15). The molecule has 76 valence electrons. The average Bonchev–Trinajstić information content (AvgIpc) is 2.26. The summed E-state index contributed by atoms with van der Waals surface area (Å²) in [6, 6.07) is 3.59. The van der Waals surface area contributed by atoms with Gasteiger partial charge in [-0.15, -0.1) is 0 Å². The van der Waals surface area contributed by atoms with Gasteiger partial charge in [-0.1, -0.05) is 0 Å². The van der Waals surface area contributed by atoms with Crippen LogP contribution in [-0.4, -0.2) is 15.0 Å². The van der Waals surface area contributed by atoms with Crippen LogP contribution in [0.2, 0.25) is 0 Å². The number of halogens is 1. The van der Waals surface area contributed by atoms with E-state index < -0.39 is 0 Å². The summed E-state index contributed by atoms with van der Waals surface area (Å²) in [5.41, 5.74) is 1.34. The quantitative estimate of drug-likeness (QED) is 0.857. The monoisotopic (exact) mass is 265 g/mol. The fourth-order valence-corrected chi connectivity index (χ4v) is 1.41. The van der Waals surface area contributed by atoms with Gasteiger partial charge in [-0.2, -0.15) is 0 Å². The maximum atomic E-state index is 11.5. The molecule has 2 rings (SSSR count). The Morgan fingerprint density at radius 2 is 2.00 bits per heavy atom. The summed E-state index contributed by atoms with van der Waals surface area (Å²) in [6.45, 7) is 1.78. The average molecular weight is 266 g/mol. The third-order valence-electron chi connectivity index (χ3n) is 1.98. The fourth-order valence-electron chi connectivity index (χ4n) is 1.22. The summed E-state index contributed by atoms with van der Waals surface area (Å²) in [6.07, 6.45) is 3.32. The van der Waals surface area contributed by atoms with Gasteiger partial charge in [-0.25, -0.2) is 4.98 Å². The molecule has 4 nitrogen and oxygen atoms in total. The lowest BCUT2D eigenvalue weighted by molar-refractivity contribution is 1.05. The number of nitrogens with zero attached hydrogens (tertiary/aromatic N) is 2. The summed E-state index contributed by atoms with van der Waals surface area (Å²) in [5.74, 6) is 0.558. The number of pyridine rings is 1. The first-order valence-corrected chi connectivity index (χ1v) is 5.14. The topological polar surface area (TPSA) is 58.6 Å².